The van der Waals surface area contributed by atoms with Gasteiger partial charge in [0, 0.05) is 17.7 Å². The van der Waals surface area contributed by atoms with E-state index in [1.165, 1.54) is 12.2 Å². The molecule has 0 atom stereocenters. The monoisotopic (exact) mass is 307 g/mol. The van der Waals surface area contributed by atoms with Crippen molar-refractivity contribution < 1.29 is 14.4 Å². The van der Waals surface area contributed by atoms with Crippen molar-refractivity contribution in [1.29, 1.82) is 0 Å². The number of imide groups is 1. The zero-order valence-electron chi connectivity index (χ0n) is 12.0. The molecule has 6 nitrogen and oxygen atoms in total. The van der Waals surface area contributed by atoms with Crippen molar-refractivity contribution in [2.24, 2.45) is 5.84 Å². The molecule has 0 bridgehead atoms. The number of hydrogen-bond acceptors (Lipinski definition) is 4. The topological polar surface area (TPSA) is 83.7 Å². The van der Waals surface area contributed by atoms with Gasteiger partial charge in [-0.05, 0) is 36.4 Å². The Bertz CT molecular complexity index is 780. The van der Waals surface area contributed by atoms with E-state index in [0.29, 0.717) is 16.9 Å². The van der Waals surface area contributed by atoms with Crippen LogP contribution in [0.25, 0.3) is 0 Å². The number of anilines is 2. The van der Waals surface area contributed by atoms with Crippen molar-refractivity contribution in [3.8, 4) is 0 Å². The summed E-state index contributed by atoms with van der Waals surface area (Å²) in [5.41, 5.74) is 1.34. The van der Waals surface area contributed by atoms with Gasteiger partial charge in [-0.2, -0.15) is 0 Å². The summed E-state index contributed by atoms with van der Waals surface area (Å²) in [5.74, 6) is 4.71. The standard InChI is InChI=1S/C17H13N3O3/c18-20(17(23)12-4-2-1-3-5-12)14-8-6-13(7-9-14)19-15(21)10-11-16(19)22/h1-11H,18H2. The van der Waals surface area contributed by atoms with Gasteiger partial charge in [0.2, 0.25) is 0 Å². The number of carbonyl (C=O) groups excluding carboxylic acids is 3. The summed E-state index contributed by atoms with van der Waals surface area (Å²) in [6.45, 7) is 0. The maximum absolute atomic E-state index is 12.3. The molecule has 0 unspecified atom stereocenters. The van der Waals surface area contributed by atoms with Gasteiger partial charge in [-0.1, -0.05) is 18.2 Å². The minimum Gasteiger partial charge on any atom is -0.269 e. The normalized spacial score (nSPS) is 13.5. The third kappa shape index (κ3) is 2.75. The van der Waals surface area contributed by atoms with Crippen LogP contribution in [0.2, 0.25) is 0 Å². The van der Waals surface area contributed by atoms with Crippen LogP contribution < -0.4 is 15.8 Å². The third-order valence-electron chi connectivity index (χ3n) is 3.43. The Morgan fingerprint density at radius 2 is 1.43 bits per heavy atom. The molecule has 2 aromatic rings. The number of nitrogens with zero attached hydrogens (tertiary/aromatic N) is 2. The van der Waals surface area contributed by atoms with Crippen molar-refractivity contribution in [2.45, 2.75) is 0 Å². The molecule has 23 heavy (non-hydrogen) atoms. The Morgan fingerprint density at radius 1 is 0.870 bits per heavy atom. The highest BCUT2D eigenvalue weighted by Gasteiger charge is 2.25. The van der Waals surface area contributed by atoms with Crippen molar-refractivity contribution in [1.82, 2.24) is 0 Å². The molecule has 2 aromatic carbocycles. The first kappa shape index (κ1) is 14.7. The van der Waals surface area contributed by atoms with Gasteiger partial charge >= 0.3 is 0 Å². The number of amides is 3. The summed E-state index contributed by atoms with van der Waals surface area (Å²) in [4.78, 5) is 36.6. The second-order valence-electron chi connectivity index (χ2n) is 4.90. The number of nitrogens with two attached hydrogens (primary N) is 1. The number of rotatable bonds is 3. The van der Waals surface area contributed by atoms with Gasteiger partial charge in [-0.15, -0.1) is 0 Å². The predicted octanol–water partition coefficient (Wildman–Crippen LogP) is 1.64. The molecule has 0 radical (unpaired) electrons. The predicted molar refractivity (Wildman–Crippen MR) is 85.5 cm³/mol. The second-order valence-corrected chi connectivity index (χ2v) is 4.90. The van der Waals surface area contributed by atoms with Gasteiger partial charge in [0.05, 0.1) is 11.4 Å². The van der Waals surface area contributed by atoms with Crippen LogP contribution in [0.5, 0.6) is 0 Å². The molecule has 0 aromatic heterocycles. The van der Waals surface area contributed by atoms with Crippen LogP contribution in [0.15, 0.2) is 66.7 Å². The number of hydrogen-bond donors (Lipinski definition) is 1. The van der Waals surface area contributed by atoms with Crippen LogP contribution in [0.3, 0.4) is 0 Å². The van der Waals surface area contributed by atoms with E-state index in [0.717, 1.165) is 9.91 Å². The van der Waals surface area contributed by atoms with Crippen LogP contribution in [0.4, 0.5) is 11.4 Å². The summed E-state index contributed by atoms with van der Waals surface area (Å²) in [6, 6.07) is 14.9. The summed E-state index contributed by atoms with van der Waals surface area (Å²) < 4.78 is 0. The van der Waals surface area contributed by atoms with Crippen molar-refractivity contribution in [3.63, 3.8) is 0 Å². The zero-order chi connectivity index (χ0) is 16.4. The molecular weight excluding hydrogens is 294 g/mol. The molecule has 114 valence electrons. The van der Waals surface area contributed by atoms with Crippen LogP contribution >= 0.6 is 0 Å². The van der Waals surface area contributed by atoms with E-state index in [-0.39, 0.29) is 5.91 Å². The maximum atomic E-state index is 12.3. The fourth-order valence-electron chi connectivity index (χ4n) is 2.25. The Hall–Kier alpha value is -3.25. The smallest absolute Gasteiger partial charge is 0.269 e. The van der Waals surface area contributed by atoms with E-state index in [9.17, 15) is 14.4 Å². The lowest BCUT2D eigenvalue weighted by molar-refractivity contribution is -0.119. The molecule has 3 rings (SSSR count). The van der Waals surface area contributed by atoms with Crippen LogP contribution in [-0.2, 0) is 9.59 Å². The SMILES string of the molecule is NN(C(=O)c1ccccc1)c1ccc(N2C(=O)C=CC2=O)cc1. The molecule has 2 N–H and O–H groups in total. The van der Waals surface area contributed by atoms with Crippen molar-refractivity contribution >= 4 is 29.1 Å². The average molecular weight is 307 g/mol. The molecular formula is C17H13N3O3. The first-order valence-electron chi connectivity index (χ1n) is 6.88. The van der Waals surface area contributed by atoms with Gasteiger partial charge < -0.3 is 0 Å². The number of benzene rings is 2. The van der Waals surface area contributed by atoms with Gasteiger partial charge in [0.15, 0.2) is 0 Å². The minimum atomic E-state index is -0.396. The van der Waals surface area contributed by atoms with Crippen molar-refractivity contribution in [2.75, 3.05) is 9.91 Å². The van der Waals surface area contributed by atoms with E-state index in [1.54, 1.807) is 48.5 Å². The fraction of sp³-hybridized carbons (Fsp3) is 0. The summed E-state index contributed by atoms with van der Waals surface area (Å²) >= 11 is 0. The molecule has 0 saturated heterocycles. The molecule has 0 spiro atoms. The van der Waals surface area contributed by atoms with Crippen LogP contribution in [0.1, 0.15) is 10.4 Å². The van der Waals surface area contributed by atoms with E-state index < -0.39 is 11.8 Å². The summed E-state index contributed by atoms with van der Waals surface area (Å²) in [7, 11) is 0. The highest BCUT2D eigenvalue weighted by molar-refractivity contribution is 6.28. The maximum Gasteiger partial charge on any atom is 0.272 e. The van der Waals surface area contributed by atoms with Crippen molar-refractivity contribution in [3.05, 3.63) is 72.3 Å². The molecule has 0 aliphatic carbocycles. The van der Waals surface area contributed by atoms with Gasteiger partial charge in [0.1, 0.15) is 0 Å². The van der Waals surface area contributed by atoms with E-state index in [1.807, 2.05) is 6.07 Å². The second kappa shape index (κ2) is 5.86. The molecule has 1 aliphatic heterocycles. The summed E-state index contributed by atoms with van der Waals surface area (Å²) in [5, 5.41) is 1.02. The first-order chi connectivity index (χ1) is 11.1. The number of carbonyl (C=O) groups is 3. The Labute approximate surface area is 132 Å². The van der Waals surface area contributed by atoms with Gasteiger partial charge in [0.25, 0.3) is 17.7 Å². The minimum absolute atomic E-state index is 0.353. The first-order valence-corrected chi connectivity index (χ1v) is 6.88. The lowest BCUT2D eigenvalue weighted by atomic mass is 10.2. The fourth-order valence-corrected chi connectivity index (χ4v) is 2.25. The molecule has 6 heteroatoms. The Morgan fingerprint density at radius 3 is 2.00 bits per heavy atom. The zero-order valence-corrected chi connectivity index (χ0v) is 12.0. The quantitative estimate of drug-likeness (QED) is 0.404. The Kier molecular flexibility index (Phi) is 3.74. The van der Waals surface area contributed by atoms with Gasteiger partial charge in [-0.25, -0.2) is 15.8 Å². The molecule has 0 fully saturated rings. The number of hydrazine groups is 1. The average Bonchev–Trinajstić information content (AvgIpc) is 2.93. The Balaban J connectivity index is 1.81. The molecule has 0 saturated carbocycles. The third-order valence-corrected chi connectivity index (χ3v) is 3.43. The largest absolute Gasteiger partial charge is 0.272 e. The molecule has 3 amide bonds. The van der Waals surface area contributed by atoms with E-state index in [2.05, 4.69) is 0 Å². The van der Waals surface area contributed by atoms with E-state index in [4.69, 9.17) is 5.84 Å². The lowest BCUT2D eigenvalue weighted by Crippen LogP contribution is -2.37. The summed E-state index contributed by atoms with van der Waals surface area (Å²) in [6.07, 6.45) is 2.43. The van der Waals surface area contributed by atoms with E-state index >= 15 is 0 Å². The van der Waals surface area contributed by atoms with Crippen LogP contribution in [-0.4, -0.2) is 17.7 Å². The molecule has 1 aliphatic rings. The molecule has 1 heterocycles. The van der Waals surface area contributed by atoms with Crippen LogP contribution in [0, 0.1) is 0 Å². The highest BCUT2D eigenvalue weighted by atomic mass is 16.2. The highest BCUT2D eigenvalue weighted by Crippen LogP contribution is 2.23. The van der Waals surface area contributed by atoms with Gasteiger partial charge in [-0.3, -0.25) is 14.4 Å². The lowest BCUT2D eigenvalue weighted by Gasteiger charge is -2.19.